The van der Waals surface area contributed by atoms with Gasteiger partial charge in [-0.3, -0.25) is 0 Å². The minimum absolute atomic E-state index is 0.0147. The predicted molar refractivity (Wildman–Crippen MR) is 71.1 cm³/mol. The van der Waals surface area contributed by atoms with Crippen molar-refractivity contribution < 1.29 is 8.42 Å². The molecule has 6 heteroatoms. The van der Waals surface area contributed by atoms with Gasteiger partial charge >= 0.3 is 0 Å². The number of hydrogen-bond acceptors (Lipinski definition) is 3. The highest BCUT2D eigenvalue weighted by molar-refractivity contribution is 9.10. The van der Waals surface area contributed by atoms with E-state index in [9.17, 15) is 8.42 Å². The number of halogens is 1. The average molecular weight is 319 g/mol. The van der Waals surface area contributed by atoms with Gasteiger partial charge in [-0.1, -0.05) is 13.8 Å². The predicted octanol–water partition coefficient (Wildman–Crippen LogP) is 2.11. The molecule has 0 amide bonds. The van der Waals surface area contributed by atoms with E-state index in [2.05, 4.69) is 20.7 Å². The van der Waals surface area contributed by atoms with Crippen molar-refractivity contribution in [1.29, 1.82) is 0 Å². The van der Waals surface area contributed by atoms with Gasteiger partial charge in [-0.2, -0.15) is 0 Å². The largest absolute Gasteiger partial charge is 0.399 e. The summed E-state index contributed by atoms with van der Waals surface area (Å²) in [6.07, 6.45) is 0.867. The number of sulfonamides is 1. The van der Waals surface area contributed by atoms with Crippen molar-refractivity contribution in [3.05, 3.63) is 22.7 Å². The van der Waals surface area contributed by atoms with Crippen LogP contribution in [0.5, 0.6) is 0 Å². The van der Waals surface area contributed by atoms with Crippen LogP contribution in [0.1, 0.15) is 20.3 Å². The molecule has 1 saturated carbocycles. The molecule has 0 heterocycles. The van der Waals surface area contributed by atoms with Gasteiger partial charge in [0.1, 0.15) is 0 Å². The molecule has 0 saturated heterocycles. The first-order valence-electron chi connectivity index (χ1n) is 5.30. The summed E-state index contributed by atoms with van der Waals surface area (Å²) in [5.74, 6) is 0. The molecule has 1 aliphatic carbocycles. The lowest BCUT2D eigenvalue weighted by atomic mass is 10.2. The van der Waals surface area contributed by atoms with Crippen molar-refractivity contribution in [1.82, 2.24) is 4.72 Å². The molecule has 17 heavy (non-hydrogen) atoms. The molecule has 1 aromatic carbocycles. The monoisotopic (exact) mass is 318 g/mol. The van der Waals surface area contributed by atoms with E-state index in [1.54, 1.807) is 12.1 Å². The molecule has 0 aliphatic heterocycles. The van der Waals surface area contributed by atoms with E-state index < -0.39 is 10.0 Å². The van der Waals surface area contributed by atoms with Crippen LogP contribution in [0.3, 0.4) is 0 Å². The molecule has 0 aromatic heterocycles. The molecule has 1 atom stereocenters. The first-order valence-corrected chi connectivity index (χ1v) is 7.57. The fourth-order valence-electron chi connectivity index (χ4n) is 1.65. The zero-order valence-electron chi connectivity index (χ0n) is 9.70. The lowest BCUT2D eigenvalue weighted by molar-refractivity contribution is 0.554. The van der Waals surface area contributed by atoms with Crippen molar-refractivity contribution in [3.8, 4) is 0 Å². The number of anilines is 1. The zero-order chi connectivity index (χ0) is 12.8. The van der Waals surface area contributed by atoms with Crippen LogP contribution in [-0.2, 0) is 10.0 Å². The molecule has 0 spiro atoms. The molecule has 2 rings (SSSR count). The van der Waals surface area contributed by atoms with Crippen LogP contribution in [0.25, 0.3) is 0 Å². The first-order chi connectivity index (χ1) is 7.72. The Morgan fingerprint density at radius 3 is 2.59 bits per heavy atom. The number of benzene rings is 1. The highest BCUT2D eigenvalue weighted by Gasteiger charge is 2.48. The van der Waals surface area contributed by atoms with Crippen LogP contribution in [-0.4, -0.2) is 14.5 Å². The summed E-state index contributed by atoms with van der Waals surface area (Å²) in [5, 5.41) is 0. The van der Waals surface area contributed by atoms with Crippen molar-refractivity contribution in [2.24, 2.45) is 5.41 Å². The molecule has 1 unspecified atom stereocenters. The van der Waals surface area contributed by atoms with Crippen LogP contribution in [0, 0.1) is 5.41 Å². The summed E-state index contributed by atoms with van der Waals surface area (Å²) >= 11 is 3.23. The molecule has 3 N–H and O–H groups in total. The molecule has 1 aromatic rings. The van der Waals surface area contributed by atoms with Crippen LogP contribution in [0.15, 0.2) is 27.6 Å². The minimum Gasteiger partial charge on any atom is -0.399 e. The van der Waals surface area contributed by atoms with Crippen LogP contribution in [0.2, 0.25) is 0 Å². The highest BCUT2D eigenvalue weighted by atomic mass is 79.9. The third-order valence-corrected chi connectivity index (χ3v) is 5.52. The van der Waals surface area contributed by atoms with Gasteiger partial charge in [0.2, 0.25) is 10.0 Å². The van der Waals surface area contributed by atoms with Gasteiger partial charge in [0.05, 0.1) is 4.90 Å². The third kappa shape index (κ3) is 2.64. The fourth-order valence-corrected chi connectivity index (χ4v) is 4.05. The van der Waals surface area contributed by atoms with Gasteiger partial charge in [0.15, 0.2) is 0 Å². The second-order valence-electron chi connectivity index (χ2n) is 5.06. The topological polar surface area (TPSA) is 72.2 Å². The SMILES string of the molecule is CC1(C)CC1NS(=O)(=O)c1cc(N)ccc1Br. The van der Waals surface area contributed by atoms with E-state index in [0.717, 1.165) is 6.42 Å². The smallest absolute Gasteiger partial charge is 0.242 e. The Labute approximate surface area is 110 Å². The Morgan fingerprint density at radius 2 is 2.06 bits per heavy atom. The Morgan fingerprint density at radius 1 is 1.47 bits per heavy atom. The lowest BCUT2D eigenvalue weighted by Gasteiger charge is -2.10. The van der Waals surface area contributed by atoms with E-state index in [1.807, 2.05) is 13.8 Å². The van der Waals surface area contributed by atoms with Crippen LogP contribution >= 0.6 is 15.9 Å². The molecular weight excluding hydrogens is 304 g/mol. The van der Waals surface area contributed by atoms with Crippen molar-refractivity contribution in [3.63, 3.8) is 0 Å². The number of nitrogens with two attached hydrogens (primary N) is 1. The summed E-state index contributed by atoms with van der Waals surface area (Å²) < 4.78 is 27.5. The Hall–Kier alpha value is -0.590. The van der Waals surface area contributed by atoms with Crippen LogP contribution in [0.4, 0.5) is 5.69 Å². The maximum Gasteiger partial charge on any atom is 0.242 e. The maximum absolute atomic E-state index is 12.1. The first kappa shape index (κ1) is 12.9. The molecule has 0 radical (unpaired) electrons. The molecule has 1 aliphatic rings. The van der Waals surface area contributed by atoms with E-state index in [1.165, 1.54) is 6.07 Å². The third-order valence-electron chi connectivity index (χ3n) is 3.06. The van der Waals surface area contributed by atoms with E-state index in [0.29, 0.717) is 10.2 Å². The number of rotatable bonds is 3. The van der Waals surface area contributed by atoms with Gasteiger partial charge in [0.25, 0.3) is 0 Å². The Bertz CT molecular complexity index is 555. The van der Waals surface area contributed by atoms with Crippen LogP contribution < -0.4 is 10.5 Å². The Balaban J connectivity index is 2.29. The normalized spacial score (nSPS) is 22.4. The van der Waals surface area contributed by atoms with Crippen molar-refractivity contribution in [2.45, 2.75) is 31.2 Å². The lowest BCUT2D eigenvalue weighted by Crippen LogP contribution is -2.28. The molecular formula is C11H15BrN2O2S. The van der Waals surface area contributed by atoms with Gasteiger partial charge in [-0.25, -0.2) is 13.1 Å². The van der Waals surface area contributed by atoms with Gasteiger partial charge in [-0.05, 0) is 46.0 Å². The highest BCUT2D eigenvalue weighted by Crippen LogP contribution is 2.45. The number of hydrogen-bond donors (Lipinski definition) is 2. The molecule has 1 fully saturated rings. The van der Waals surface area contributed by atoms with E-state index in [-0.39, 0.29) is 16.4 Å². The fraction of sp³-hybridized carbons (Fsp3) is 0.455. The second kappa shape index (κ2) is 3.96. The Kier molecular flexibility index (Phi) is 3.00. The summed E-state index contributed by atoms with van der Waals surface area (Å²) in [6, 6.07) is 4.77. The number of nitrogen functional groups attached to an aromatic ring is 1. The van der Waals surface area contributed by atoms with Gasteiger partial charge in [0, 0.05) is 16.2 Å². The average Bonchev–Trinajstić information content (AvgIpc) is 2.76. The van der Waals surface area contributed by atoms with Crippen molar-refractivity contribution >= 4 is 31.6 Å². The summed E-state index contributed by atoms with van der Waals surface area (Å²) in [6.45, 7) is 4.07. The molecule has 4 nitrogen and oxygen atoms in total. The van der Waals surface area contributed by atoms with E-state index in [4.69, 9.17) is 5.73 Å². The number of nitrogens with one attached hydrogen (secondary N) is 1. The van der Waals surface area contributed by atoms with Gasteiger partial charge in [-0.15, -0.1) is 0 Å². The summed E-state index contributed by atoms with van der Waals surface area (Å²) in [4.78, 5) is 0.195. The summed E-state index contributed by atoms with van der Waals surface area (Å²) in [7, 11) is -3.50. The standard InChI is InChI=1S/C11H15BrN2O2S/c1-11(2)6-10(11)14-17(15,16)9-5-7(13)3-4-8(9)12/h3-5,10,14H,6,13H2,1-2H3. The zero-order valence-corrected chi connectivity index (χ0v) is 12.1. The molecule has 94 valence electrons. The maximum atomic E-state index is 12.1. The molecule has 0 bridgehead atoms. The van der Waals surface area contributed by atoms with Crippen molar-refractivity contribution in [2.75, 3.05) is 5.73 Å². The quantitative estimate of drug-likeness (QED) is 0.838. The minimum atomic E-state index is -3.50. The summed E-state index contributed by atoms with van der Waals surface area (Å²) in [5.41, 5.74) is 6.10. The second-order valence-corrected chi connectivity index (χ2v) is 7.59. The van der Waals surface area contributed by atoms with Gasteiger partial charge < -0.3 is 5.73 Å². The van der Waals surface area contributed by atoms with E-state index >= 15 is 0 Å².